The lowest BCUT2D eigenvalue weighted by atomic mass is 10.1. The Labute approximate surface area is 100.0 Å². The fourth-order valence-corrected chi connectivity index (χ4v) is 2.04. The monoisotopic (exact) mass is 249 g/mol. The van der Waals surface area contributed by atoms with Crippen LogP contribution in [-0.2, 0) is 0 Å². The van der Waals surface area contributed by atoms with Gasteiger partial charge in [0.2, 0.25) is 0 Å². The highest BCUT2D eigenvalue weighted by atomic mass is 32.1. The highest BCUT2D eigenvalue weighted by Gasteiger charge is 2.10. The first kappa shape index (κ1) is 11.3. The molecule has 0 aliphatic heterocycles. The van der Waals surface area contributed by atoms with E-state index in [9.17, 15) is 9.59 Å². The molecule has 0 amide bonds. The molecule has 0 aliphatic rings. The molecule has 0 fully saturated rings. The van der Waals surface area contributed by atoms with Crippen LogP contribution in [0.15, 0.2) is 29.8 Å². The molecular formula is C11H7NO4S. The van der Waals surface area contributed by atoms with E-state index in [1.807, 2.05) is 0 Å². The molecule has 17 heavy (non-hydrogen) atoms. The second kappa shape index (κ2) is 4.34. The van der Waals surface area contributed by atoms with Gasteiger partial charge in [0, 0.05) is 17.1 Å². The molecule has 0 atom stereocenters. The third-order valence-electron chi connectivity index (χ3n) is 2.11. The van der Waals surface area contributed by atoms with Gasteiger partial charge in [0.15, 0.2) is 0 Å². The molecule has 86 valence electrons. The Morgan fingerprint density at radius 3 is 2.53 bits per heavy atom. The van der Waals surface area contributed by atoms with Gasteiger partial charge in [-0.1, -0.05) is 0 Å². The second-order valence-electron chi connectivity index (χ2n) is 3.24. The third kappa shape index (κ3) is 2.31. The second-order valence-corrected chi connectivity index (χ2v) is 4.15. The lowest BCUT2D eigenvalue weighted by Crippen LogP contribution is -1.97. The van der Waals surface area contributed by atoms with E-state index in [0.29, 0.717) is 11.3 Å². The van der Waals surface area contributed by atoms with Crippen LogP contribution in [0.25, 0.3) is 11.3 Å². The van der Waals surface area contributed by atoms with Crippen LogP contribution in [0.3, 0.4) is 0 Å². The minimum atomic E-state index is -1.04. The van der Waals surface area contributed by atoms with Crippen LogP contribution in [0.2, 0.25) is 0 Å². The van der Waals surface area contributed by atoms with Gasteiger partial charge in [0.05, 0.1) is 11.3 Å². The summed E-state index contributed by atoms with van der Waals surface area (Å²) in [5.41, 5.74) is 1.18. The van der Waals surface area contributed by atoms with Crippen molar-refractivity contribution < 1.29 is 19.8 Å². The maximum absolute atomic E-state index is 10.8. The average molecular weight is 249 g/mol. The van der Waals surface area contributed by atoms with Crippen molar-refractivity contribution in [2.75, 3.05) is 0 Å². The smallest absolute Gasteiger partial charge is 0.345 e. The zero-order chi connectivity index (χ0) is 12.4. The Hall–Kier alpha value is -2.21. The highest BCUT2D eigenvalue weighted by Crippen LogP contribution is 2.24. The first-order chi connectivity index (χ1) is 8.08. The minimum Gasteiger partial charge on any atom is -0.478 e. The van der Waals surface area contributed by atoms with Crippen LogP contribution < -0.4 is 0 Å². The lowest BCUT2D eigenvalue weighted by molar-refractivity contribution is 0.0688. The van der Waals surface area contributed by atoms with E-state index in [4.69, 9.17) is 10.2 Å². The van der Waals surface area contributed by atoms with E-state index in [1.54, 1.807) is 5.38 Å². The first-order valence-electron chi connectivity index (χ1n) is 4.59. The summed E-state index contributed by atoms with van der Waals surface area (Å²) in [6, 6.07) is 4.27. The molecule has 0 bridgehead atoms. The fourth-order valence-electron chi connectivity index (χ4n) is 1.30. The maximum Gasteiger partial charge on any atom is 0.345 e. The summed E-state index contributed by atoms with van der Waals surface area (Å²) in [5.74, 6) is -2.04. The van der Waals surface area contributed by atoms with Gasteiger partial charge in [-0.2, -0.15) is 0 Å². The Morgan fingerprint density at radius 2 is 1.94 bits per heavy atom. The molecule has 0 saturated heterocycles. The summed E-state index contributed by atoms with van der Waals surface area (Å²) < 4.78 is 0. The van der Waals surface area contributed by atoms with Crippen molar-refractivity contribution in [3.63, 3.8) is 0 Å². The number of rotatable bonds is 3. The Morgan fingerprint density at radius 1 is 1.18 bits per heavy atom. The number of hydrogen-bond donors (Lipinski definition) is 2. The molecule has 0 aromatic carbocycles. The molecule has 2 aromatic rings. The third-order valence-corrected chi connectivity index (χ3v) is 3.03. The Bertz CT molecular complexity index is 591. The average Bonchev–Trinajstić information content (AvgIpc) is 2.78. The molecule has 5 nitrogen and oxygen atoms in total. The van der Waals surface area contributed by atoms with Gasteiger partial charge in [-0.05, 0) is 18.2 Å². The van der Waals surface area contributed by atoms with Gasteiger partial charge in [0.1, 0.15) is 4.88 Å². The topological polar surface area (TPSA) is 87.5 Å². The van der Waals surface area contributed by atoms with E-state index in [-0.39, 0.29) is 10.4 Å². The molecule has 0 spiro atoms. The van der Waals surface area contributed by atoms with Crippen LogP contribution in [0.1, 0.15) is 20.0 Å². The number of thiophene rings is 1. The number of pyridine rings is 1. The van der Waals surface area contributed by atoms with Crippen molar-refractivity contribution in [3.8, 4) is 11.3 Å². The van der Waals surface area contributed by atoms with Crippen LogP contribution >= 0.6 is 11.3 Å². The first-order valence-corrected chi connectivity index (χ1v) is 5.47. The van der Waals surface area contributed by atoms with E-state index < -0.39 is 11.9 Å². The van der Waals surface area contributed by atoms with Crippen molar-refractivity contribution in [2.24, 2.45) is 0 Å². The molecule has 6 heteroatoms. The molecular weight excluding hydrogens is 242 g/mol. The number of aromatic nitrogens is 1. The number of carboxylic acids is 2. The quantitative estimate of drug-likeness (QED) is 0.870. The number of nitrogens with zero attached hydrogens (tertiary/aromatic N) is 1. The summed E-state index contributed by atoms with van der Waals surface area (Å²) in [4.78, 5) is 25.7. The van der Waals surface area contributed by atoms with E-state index >= 15 is 0 Å². The Kier molecular flexibility index (Phi) is 2.88. The molecule has 0 unspecified atom stereocenters. The summed E-state index contributed by atoms with van der Waals surface area (Å²) in [5, 5.41) is 19.3. The Balaban J connectivity index is 2.42. The van der Waals surface area contributed by atoms with E-state index in [1.165, 1.54) is 24.4 Å². The van der Waals surface area contributed by atoms with Gasteiger partial charge in [0.25, 0.3) is 0 Å². The van der Waals surface area contributed by atoms with Gasteiger partial charge in [-0.15, -0.1) is 11.3 Å². The zero-order valence-electron chi connectivity index (χ0n) is 8.45. The largest absolute Gasteiger partial charge is 0.478 e. The van der Waals surface area contributed by atoms with Crippen LogP contribution in [-0.4, -0.2) is 27.1 Å². The maximum atomic E-state index is 10.8. The molecule has 0 radical (unpaired) electrons. The number of aromatic carboxylic acids is 2. The predicted molar refractivity (Wildman–Crippen MR) is 61.5 cm³/mol. The van der Waals surface area contributed by atoms with Crippen LogP contribution in [0.5, 0.6) is 0 Å². The fraction of sp³-hybridized carbons (Fsp3) is 0. The summed E-state index contributed by atoms with van der Waals surface area (Å²) in [6.07, 6.45) is 1.39. The number of carboxylic acid groups (broad SMARTS) is 2. The highest BCUT2D eigenvalue weighted by molar-refractivity contribution is 7.12. The number of hydrogen-bond acceptors (Lipinski definition) is 4. The van der Waals surface area contributed by atoms with Gasteiger partial charge < -0.3 is 10.2 Å². The van der Waals surface area contributed by atoms with Crippen molar-refractivity contribution in [2.45, 2.75) is 0 Å². The van der Waals surface area contributed by atoms with Crippen LogP contribution in [0.4, 0.5) is 0 Å². The normalized spacial score (nSPS) is 10.1. The van der Waals surface area contributed by atoms with E-state index in [2.05, 4.69) is 4.98 Å². The minimum absolute atomic E-state index is 0.123. The zero-order valence-corrected chi connectivity index (χ0v) is 9.27. The van der Waals surface area contributed by atoms with Gasteiger partial charge in [-0.25, -0.2) is 9.59 Å². The standard InChI is InChI=1S/C11H7NO4S/c13-10(14)6-1-2-12-8(3-6)7-4-9(11(15)16)17-5-7/h1-5H,(H,13,14)(H,15,16). The summed E-state index contributed by atoms with van der Waals surface area (Å²) >= 11 is 1.08. The molecule has 2 N–H and O–H groups in total. The summed E-state index contributed by atoms with van der Waals surface area (Å²) in [7, 11) is 0. The van der Waals surface area contributed by atoms with Gasteiger partial charge >= 0.3 is 11.9 Å². The molecule has 2 heterocycles. The molecule has 2 aromatic heterocycles. The molecule has 2 rings (SSSR count). The van der Waals surface area contributed by atoms with Crippen molar-refractivity contribution >= 4 is 23.3 Å². The lowest BCUT2D eigenvalue weighted by Gasteiger charge is -1.98. The molecule has 0 saturated carbocycles. The van der Waals surface area contributed by atoms with Crippen molar-refractivity contribution in [3.05, 3.63) is 40.2 Å². The predicted octanol–water partition coefficient (Wildman–Crippen LogP) is 2.21. The van der Waals surface area contributed by atoms with E-state index in [0.717, 1.165) is 11.3 Å². The van der Waals surface area contributed by atoms with Crippen molar-refractivity contribution in [1.29, 1.82) is 0 Å². The van der Waals surface area contributed by atoms with Crippen LogP contribution in [0, 0.1) is 0 Å². The SMILES string of the molecule is O=C(O)c1ccnc(-c2csc(C(=O)O)c2)c1. The van der Waals surface area contributed by atoms with Crippen molar-refractivity contribution in [1.82, 2.24) is 4.98 Å². The van der Waals surface area contributed by atoms with Gasteiger partial charge in [-0.3, -0.25) is 4.98 Å². The number of carbonyl (C=O) groups is 2. The molecule has 0 aliphatic carbocycles. The summed E-state index contributed by atoms with van der Waals surface area (Å²) in [6.45, 7) is 0.